The molecule has 0 radical (unpaired) electrons. The highest BCUT2D eigenvalue weighted by Gasteiger charge is 2.21. The van der Waals surface area contributed by atoms with Gasteiger partial charge in [0.2, 0.25) is 0 Å². The Balaban J connectivity index is 1.50. The largest absolute Gasteiger partial charge is 0.381 e. The second-order valence-corrected chi connectivity index (χ2v) is 6.00. The van der Waals surface area contributed by atoms with Crippen molar-refractivity contribution < 1.29 is 18.8 Å². The van der Waals surface area contributed by atoms with Gasteiger partial charge >= 0.3 is 0 Å². The maximum absolute atomic E-state index is 12.2. The van der Waals surface area contributed by atoms with Crippen LogP contribution in [0.5, 0.6) is 0 Å². The predicted octanol–water partition coefficient (Wildman–Crippen LogP) is 2.47. The molecule has 0 aliphatic carbocycles. The molecule has 1 aromatic carbocycles. The summed E-state index contributed by atoms with van der Waals surface area (Å²) in [6, 6.07) is 9.90. The number of nitrogens with one attached hydrogen (secondary N) is 1. The van der Waals surface area contributed by atoms with Crippen LogP contribution in [0.2, 0.25) is 0 Å². The summed E-state index contributed by atoms with van der Waals surface area (Å²) in [6.45, 7) is 4.68. The lowest BCUT2D eigenvalue weighted by atomic mass is 10.1. The molecule has 1 amide bonds. The molecule has 3 rings (SSSR count). The van der Waals surface area contributed by atoms with E-state index in [2.05, 4.69) is 10.5 Å². The molecular formula is C18H22N2O4. The van der Waals surface area contributed by atoms with Crippen LogP contribution in [0.25, 0.3) is 0 Å². The monoisotopic (exact) mass is 330 g/mol. The van der Waals surface area contributed by atoms with Crippen molar-refractivity contribution in [2.45, 2.75) is 26.6 Å². The molecule has 24 heavy (non-hydrogen) atoms. The number of nitrogens with zero attached hydrogens (tertiary/aromatic N) is 1. The molecule has 0 spiro atoms. The number of hydrogen-bond donors (Lipinski definition) is 1. The summed E-state index contributed by atoms with van der Waals surface area (Å²) in [5, 5.41) is 6.78. The van der Waals surface area contributed by atoms with Gasteiger partial charge in [-0.05, 0) is 18.9 Å². The molecule has 1 aliphatic heterocycles. The smallest absolute Gasteiger partial charge is 0.273 e. The molecule has 1 unspecified atom stereocenters. The summed E-state index contributed by atoms with van der Waals surface area (Å²) in [4.78, 5) is 12.2. The van der Waals surface area contributed by atoms with Crippen LogP contribution in [0.1, 0.15) is 33.8 Å². The molecule has 1 aliphatic rings. The second-order valence-electron chi connectivity index (χ2n) is 6.00. The summed E-state index contributed by atoms with van der Waals surface area (Å²) < 4.78 is 16.2. The zero-order valence-electron chi connectivity index (χ0n) is 13.8. The fourth-order valence-electron chi connectivity index (χ4n) is 2.62. The quantitative estimate of drug-likeness (QED) is 0.844. The number of rotatable bonds is 7. The van der Waals surface area contributed by atoms with Gasteiger partial charge in [-0.2, -0.15) is 0 Å². The van der Waals surface area contributed by atoms with E-state index in [0.717, 1.165) is 24.2 Å². The van der Waals surface area contributed by atoms with Gasteiger partial charge < -0.3 is 19.3 Å². The number of aromatic nitrogens is 1. The number of ether oxygens (including phenoxy) is 2. The van der Waals surface area contributed by atoms with Crippen LogP contribution in [0, 0.1) is 12.8 Å². The Morgan fingerprint density at radius 2 is 2.17 bits per heavy atom. The van der Waals surface area contributed by atoms with E-state index < -0.39 is 0 Å². The standard InChI is InChI=1S/C18H22N2O4/c1-13-16(12-23-10-14-5-3-2-4-6-14)24-20-17(13)18(21)19-9-15-7-8-22-11-15/h2-6,15H,7-12H2,1H3,(H,19,21). The topological polar surface area (TPSA) is 73.6 Å². The number of hydrogen-bond acceptors (Lipinski definition) is 5. The number of carbonyl (C=O) groups is 1. The molecule has 2 aromatic rings. The van der Waals surface area contributed by atoms with Crippen LogP contribution in [-0.4, -0.2) is 30.8 Å². The van der Waals surface area contributed by atoms with Crippen molar-refractivity contribution in [1.82, 2.24) is 10.5 Å². The molecule has 2 heterocycles. The van der Waals surface area contributed by atoms with Gasteiger partial charge in [-0.1, -0.05) is 35.5 Å². The second kappa shape index (κ2) is 8.08. The minimum atomic E-state index is -0.211. The molecular weight excluding hydrogens is 308 g/mol. The van der Waals surface area contributed by atoms with E-state index in [4.69, 9.17) is 14.0 Å². The highest BCUT2D eigenvalue weighted by atomic mass is 16.5. The summed E-state index contributed by atoms with van der Waals surface area (Å²) in [6.07, 6.45) is 0.983. The van der Waals surface area contributed by atoms with Crippen molar-refractivity contribution in [3.8, 4) is 0 Å². The van der Waals surface area contributed by atoms with Crippen molar-refractivity contribution in [2.75, 3.05) is 19.8 Å². The van der Waals surface area contributed by atoms with Gasteiger partial charge in [0.15, 0.2) is 11.5 Å². The Labute approximate surface area is 141 Å². The predicted molar refractivity (Wildman–Crippen MR) is 87.4 cm³/mol. The van der Waals surface area contributed by atoms with Gasteiger partial charge in [0.1, 0.15) is 6.61 Å². The van der Waals surface area contributed by atoms with Crippen molar-refractivity contribution in [3.05, 3.63) is 52.9 Å². The first-order chi connectivity index (χ1) is 11.7. The molecule has 0 bridgehead atoms. The summed E-state index contributed by atoms with van der Waals surface area (Å²) >= 11 is 0. The number of carbonyl (C=O) groups excluding carboxylic acids is 1. The molecule has 1 saturated heterocycles. The summed E-state index contributed by atoms with van der Waals surface area (Å²) in [7, 11) is 0. The first-order valence-electron chi connectivity index (χ1n) is 8.17. The van der Waals surface area contributed by atoms with Gasteiger partial charge in [0, 0.05) is 24.6 Å². The van der Waals surface area contributed by atoms with Crippen LogP contribution in [0.15, 0.2) is 34.9 Å². The first-order valence-corrected chi connectivity index (χ1v) is 8.17. The van der Waals surface area contributed by atoms with Crippen LogP contribution in [0.4, 0.5) is 0 Å². The lowest BCUT2D eigenvalue weighted by Gasteiger charge is -2.08. The lowest BCUT2D eigenvalue weighted by Crippen LogP contribution is -2.30. The third-order valence-corrected chi connectivity index (χ3v) is 4.16. The Morgan fingerprint density at radius 3 is 2.92 bits per heavy atom. The average Bonchev–Trinajstić information content (AvgIpc) is 3.24. The van der Waals surface area contributed by atoms with Crippen molar-refractivity contribution in [2.24, 2.45) is 5.92 Å². The Hall–Kier alpha value is -2.18. The van der Waals surface area contributed by atoms with Crippen LogP contribution in [0.3, 0.4) is 0 Å². The Bertz CT molecular complexity index is 663. The summed E-state index contributed by atoms with van der Waals surface area (Å²) in [5.74, 6) is 0.757. The fourth-order valence-corrected chi connectivity index (χ4v) is 2.62. The molecule has 6 nitrogen and oxygen atoms in total. The van der Waals surface area contributed by atoms with Crippen LogP contribution >= 0.6 is 0 Å². The molecule has 6 heteroatoms. The fraction of sp³-hybridized carbons (Fsp3) is 0.444. The number of amides is 1. The number of benzene rings is 1. The van der Waals surface area contributed by atoms with Crippen molar-refractivity contribution in [3.63, 3.8) is 0 Å². The lowest BCUT2D eigenvalue weighted by molar-refractivity contribution is 0.0873. The van der Waals surface area contributed by atoms with Gasteiger partial charge in [0.05, 0.1) is 13.2 Å². The van der Waals surface area contributed by atoms with E-state index in [1.54, 1.807) is 0 Å². The van der Waals surface area contributed by atoms with Gasteiger partial charge in [-0.3, -0.25) is 4.79 Å². The molecule has 1 fully saturated rings. The maximum Gasteiger partial charge on any atom is 0.273 e. The zero-order valence-corrected chi connectivity index (χ0v) is 13.8. The molecule has 1 aromatic heterocycles. The first kappa shape index (κ1) is 16.7. The molecule has 128 valence electrons. The normalized spacial score (nSPS) is 17.1. The highest BCUT2D eigenvalue weighted by Crippen LogP contribution is 2.16. The van der Waals surface area contributed by atoms with Crippen molar-refractivity contribution in [1.29, 1.82) is 0 Å². The minimum Gasteiger partial charge on any atom is -0.381 e. The van der Waals surface area contributed by atoms with Crippen molar-refractivity contribution >= 4 is 5.91 Å². The summed E-state index contributed by atoms with van der Waals surface area (Å²) in [5.41, 5.74) is 2.14. The highest BCUT2D eigenvalue weighted by molar-refractivity contribution is 5.93. The average molecular weight is 330 g/mol. The van der Waals surface area contributed by atoms with E-state index in [0.29, 0.717) is 37.1 Å². The zero-order chi connectivity index (χ0) is 16.8. The third kappa shape index (κ3) is 4.21. The van der Waals surface area contributed by atoms with Crippen LogP contribution < -0.4 is 5.32 Å². The minimum absolute atomic E-state index is 0.211. The van der Waals surface area contributed by atoms with Gasteiger partial charge in [0.25, 0.3) is 5.91 Å². The van der Waals surface area contributed by atoms with E-state index in [-0.39, 0.29) is 12.5 Å². The van der Waals surface area contributed by atoms with E-state index in [9.17, 15) is 4.79 Å². The van der Waals surface area contributed by atoms with Gasteiger partial charge in [-0.25, -0.2) is 0 Å². The SMILES string of the molecule is Cc1c(C(=O)NCC2CCOC2)noc1COCc1ccccc1. The van der Waals surface area contributed by atoms with E-state index >= 15 is 0 Å². The maximum atomic E-state index is 12.2. The van der Waals surface area contributed by atoms with E-state index in [1.807, 2.05) is 37.3 Å². The van der Waals surface area contributed by atoms with E-state index in [1.165, 1.54) is 0 Å². The molecule has 1 atom stereocenters. The third-order valence-electron chi connectivity index (χ3n) is 4.16. The Kier molecular flexibility index (Phi) is 5.61. The molecule has 1 N–H and O–H groups in total. The Morgan fingerprint density at radius 1 is 1.33 bits per heavy atom. The van der Waals surface area contributed by atoms with Gasteiger partial charge in [-0.15, -0.1) is 0 Å². The molecule has 0 saturated carbocycles. The van der Waals surface area contributed by atoms with Crippen LogP contribution in [-0.2, 0) is 22.7 Å².